The van der Waals surface area contributed by atoms with Crippen molar-refractivity contribution in [3.8, 4) is 0 Å². The van der Waals surface area contributed by atoms with Crippen LogP contribution in [0.2, 0.25) is 0 Å². The summed E-state index contributed by atoms with van der Waals surface area (Å²) in [7, 11) is 1.64. The first-order chi connectivity index (χ1) is 9.52. The van der Waals surface area contributed by atoms with Gasteiger partial charge in [0.05, 0.1) is 4.92 Å². The molecular weight excluding hydrogens is 260 g/mol. The molecule has 1 aliphatic heterocycles. The number of nitro groups is 1. The highest BCUT2D eigenvalue weighted by Crippen LogP contribution is 2.29. The van der Waals surface area contributed by atoms with Gasteiger partial charge in [0.15, 0.2) is 0 Å². The second kappa shape index (κ2) is 5.77. The van der Waals surface area contributed by atoms with Crippen molar-refractivity contribution in [2.24, 2.45) is 5.92 Å². The molecule has 108 valence electrons. The van der Waals surface area contributed by atoms with E-state index in [2.05, 4.69) is 10.2 Å². The molecule has 7 heteroatoms. The number of amides is 1. The van der Waals surface area contributed by atoms with Crippen LogP contribution in [-0.2, 0) is 4.79 Å². The molecule has 7 nitrogen and oxygen atoms in total. The summed E-state index contributed by atoms with van der Waals surface area (Å²) in [5.74, 6) is 0.125. The molecular formula is C13H18N4O3. The highest BCUT2D eigenvalue weighted by atomic mass is 16.6. The smallest absolute Gasteiger partial charge is 0.292 e. The lowest BCUT2D eigenvalue weighted by molar-refractivity contribution is -0.383. The molecule has 20 heavy (non-hydrogen) atoms. The van der Waals surface area contributed by atoms with Crippen molar-refractivity contribution < 1.29 is 9.72 Å². The minimum atomic E-state index is -0.489. The zero-order valence-corrected chi connectivity index (χ0v) is 11.3. The summed E-state index contributed by atoms with van der Waals surface area (Å²) in [5, 5.41) is 13.4. The van der Waals surface area contributed by atoms with Crippen LogP contribution >= 0.6 is 0 Å². The molecule has 0 atom stereocenters. The van der Waals surface area contributed by atoms with E-state index in [0.717, 1.165) is 31.6 Å². The summed E-state index contributed by atoms with van der Waals surface area (Å²) in [6, 6.07) is 4.75. The van der Waals surface area contributed by atoms with Crippen molar-refractivity contribution in [2.75, 3.05) is 30.8 Å². The fourth-order valence-corrected chi connectivity index (χ4v) is 2.51. The van der Waals surface area contributed by atoms with Crippen molar-refractivity contribution >= 4 is 23.0 Å². The fraction of sp³-hybridized carbons (Fsp3) is 0.462. The molecule has 0 spiro atoms. The fourth-order valence-electron chi connectivity index (χ4n) is 2.51. The first kappa shape index (κ1) is 14.1. The lowest BCUT2D eigenvalue weighted by Gasteiger charge is -2.32. The molecule has 1 heterocycles. The van der Waals surface area contributed by atoms with Crippen molar-refractivity contribution in [1.82, 2.24) is 5.32 Å². The van der Waals surface area contributed by atoms with Gasteiger partial charge >= 0.3 is 0 Å². The van der Waals surface area contributed by atoms with Gasteiger partial charge in [-0.25, -0.2) is 0 Å². The second-order valence-corrected chi connectivity index (χ2v) is 4.88. The summed E-state index contributed by atoms with van der Waals surface area (Å²) in [6.45, 7) is 1.49. The summed E-state index contributed by atoms with van der Waals surface area (Å²) in [5.41, 5.74) is 6.65. The Kier molecular flexibility index (Phi) is 4.07. The minimum absolute atomic E-state index is 0.0478. The lowest BCUT2D eigenvalue weighted by Crippen LogP contribution is -2.39. The molecule has 1 amide bonds. The van der Waals surface area contributed by atoms with Gasteiger partial charge in [-0.1, -0.05) is 0 Å². The number of piperidine rings is 1. The number of nitro benzene ring substituents is 1. The first-order valence-corrected chi connectivity index (χ1v) is 6.53. The highest BCUT2D eigenvalue weighted by Gasteiger charge is 2.25. The SMILES string of the molecule is CNC(=O)C1CCN(c2ccc([N+](=O)[O-])c(N)c2)CC1. The van der Waals surface area contributed by atoms with Crippen molar-refractivity contribution in [2.45, 2.75) is 12.8 Å². The number of nitrogen functional groups attached to an aromatic ring is 1. The molecule has 0 radical (unpaired) electrons. The van der Waals surface area contributed by atoms with Crippen LogP contribution in [0.1, 0.15) is 12.8 Å². The van der Waals surface area contributed by atoms with E-state index >= 15 is 0 Å². The average molecular weight is 278 g/mol. The number of hydrogen-bond acceptors (Lipinski definition) is 5. The van der Waals surface area contributed by atoms with Crippen molar-refractivity contribution in [1.29, 1.82) is 0 Å². The van der Waals surface area contributed by atoms with Crippen molar-refractivity contribution in [3.63, 3.8) is 0 Å². The van der Waals surface area contributed by atoms with E-state index in [1.54, 1.807) is 19.2 Å². The normalized spacial score (nSPS) is 15.9. The maximum Gasteiger partial charge on any atom is 0.292 e. The van der Waals surface area contributed by atoms with Gasteiger partial charge in [-0.3, -0.25) is 14.9 Å². The zero-order valence-electron chi connectivity index (χ0n) is 11.3. The van der Waals surface area contributed by atoms with Gasteiger partial charge in [-0.15, -0.1) is 0 Å². The Labute approximate surface area is 116 Å². The van der Waals surface area contributed by atoms with E-state index in [0.29, 0.717) is 0 Å². The molecule has 1 fully saturated rings. The van der Waals surface area contributed by atoms with E-state index in [-0.39, 0.29) is 23.2 Å². The molecule has 1 aliphatic rings. The van der Waals surface area contributed by atoms with Gasteiger partial charge in [0.25, 0.3) is 5.69 Å². The van der Waals surface area contributed by atoms with E-state index in [1.165, 1.54) is 6.07 Å². The largest absolute Gasteiger partial charge is 0.393 e. The maximum atomic E-state index is 11.6. The van der Waals surface area contributed by atoms with Gasteiger partial charge < -0.3 is 16.0 Å². The van der Waals surface area contributed by atoms with Crippen LogP contribution in [-0.4, -0.2) is 31.0 Å². The third-order valence-corrected chi connectivity index (χ3v) is 3.69. The van der Waals surface area contributed by atoms with Crippen LogP contribution in [0.4, 0.5) is 17.1 Å². The number of anilines is 2. The van der Waals surface area contributed by atoms with Gasteiger partial charge in [-0.05, 0) is 25.0 Å². The maximum absolute atomic E-state index is 11.6. The predicted molar refractivity (Wildman–Crippen MR) is 76.5 cm³/mol. The summed E-state index contributed by atoms with van der Waals surface area (Å²) in [4.78, 5) is 23.9. The minimum Gasteiger partial charge on any atom is -0.393 e. The number of nitrogens with zero attached hydrogens (tertiary/aromatic N) is 2. The third-order valence-electron chi connectivity index (χ3n) is 3.69. The highest BCUT2D eigenvalue weighted by molar-refractivity contribution is 5.78. The number of carbonyl (C=O) groups excluding carboxylic acids is 1. The molecule has 0 unspecified atom stereocenters. The molecule has 2 rings (SSSR count). The van der Waals surface area contributed by atoms with E-state index in [9.17, 15) is 14.9 Å². The number of nitrogens with two attached hydrogens (primary N) is 1. The Morgan fingerprint density at radius 1 is 1.45 bits per heavy atom. The Morgan fingerprint density at radius 3 is 2.60 bits per heavy atom. The lowest BCUT2D eigenvalue weighted by atomic mass is 9.95. The standard InChI is InChI=1S/C13H18N4O3/c1-15-13(18)9-4-6-16(7-5-9)10-2-3-12(17(19)20)11(14)8-10/h2-3,8-9H,4-7,14H2,1H3,(H,15,18). The third kappa shape index (κ3) is 2.81. The molecule has 0 aromatic heterocycles. The first-order valence-electron chi connectivity index (χ1n) is 6.53. The number of rotatable bonds is 3. The Morgan fingerprint density at radius 2 is 2.10 bits per heavy atom. The number of nitrogens with one attached hydrogen (secondary N) is 1. The monoisotopic (exact) mass is 278 g/mol. The molecule has 3 N–H and O–H groups in total. The molecule has 0 saturated carbocycles. The van der Waals surface area contributed by atoms with Gasteiger partial charge in [0.2, 0.25) is 5.91 Å². The summed E-state index contributed by atoms with van der Waals surface area (Å²) in [6.07, 6.45) is 1.55. The molecule has 1 aromatic rings. The quantitative estimate of drug-likeness (QED) is 0.490. The predicted octanol–water partition coefficient (Wildman–Crippen LogP) is 1.14. The van der Waals surface area contributed by atoms with Crippen LogP contribution in [0.15, 0.2) is 18.2 Å². The topological polar surface area (TPSA) is 102 Å². The van der Waals surface area contributed by atoms with Crippen LogP contribution in [0.5, 0.6) is 0 Å². The van der Waals surface area contributed by atoms with E-state index < -0.39 is 4.92 Å². The zero-order chi connectivity index (χ0) is 14.7. The van der Waals surface area contributed by atoms with Crippen LogP contribution in [0.25, 0.3) is 0 Å². The average Bonchev–Trinajstić information content (AvgIpc) is 2.46. The second-order valence-electron chi connectivity index (χ2n) is 4.88. The Hall–Kier alpha value is -2.31. The van der Waals surface area contributed by atoms with E-state index in [1.807, 2.05) is 0 Å². The molecule has 0 bridgehead atoms. The summed E-state index contributed by atoms with van der Waals surface area (Å²) >= 11 is 0. The van der Waals surface area contributed by atoms with Gasteiger partial charge in [0.1, 0.15) is 5.69 Å². The van der Waals surface area contributed by atoms with Crippen LogP contribution in [0.3, 0.4) is 0 Å². The molecule has 1 saturated heterocycles. The number of hydrogen-bond donors (Lipinski definition) is 2. The molecule has 1 aromatic carbocycles. The molecule has 0 aliphatic carbocycles. The Balaban J connectivity index is 2.06. The number of benzene rings is 1. The summed E-state index contributed by atoms with van der Waals surface area (Å²) < 4.78 is 0. The Bertz CT molecular complexity index is 524. The van der Waals surface area contributed by atoms with Gasteiger partial charge in [-0.2, -0.15) is 0 Å². The van der Waals surface area contributed by atoms with Crippen LogP contribution < -0.4 is 16.0 Å². The van der Waals surface area contributed by atoms with Crippen molar-refractivity contribution in [3.05, 3.63) is 28.3 Å². The van der Waals surface area contributed by atoms with Gasteiger partial charge in [0, 0.05) is 37.8 Å². The van der Waals surface area contributed by atoms with E-state index in [4.69, 9.17) is 5.73 Å². The van der Waals surface area contributed by atoms with Crippen LogP contribution in [0, 0.1) is 16.0 Å². The number of carbonyl (C=O) groups is 1.